The molecule has 200 valence electrons. The second-order valence-electron chi connectivity index (χ2n) is 13.1. The third-order valence-corrected chi connectivity index (χ3v) is 12.1. The lowest BCUT2D eigenvalue weighted by Crippen LogP contribution is -2.64. The molecule has 7 fully saturated rings. The number of aliphatic hydroxyl groups is 4. The number of rotatable bonds is 0. The van der Waals surface area contributed by atoms with Crippen molar-refractivity contribution in [3.63, 3.8) is 0 Å². The van der Waals surface area contributed by atoms with Gasteiger partial charge in [0, 0.05) is 34.7 Å². The van der Waals surface area contributed by atoms with Gasteiger partial charge in [-0.3, -0.25) is 0 Å². The summed E-state index contributed by atoms with van der Waals surface area (Å²) in [6.45, 7) is 16.8. The van der Waals surface area contributed by atoms with Crippen molar-refractivity contribution >= 4 is 5.97 Å². The average Bonchev–Trinajstić information content (AvgIpc) is 3.49. The Morgan fingerprint density at radius 3 is 2.24 bits per heavy atom. The number of allylic oxidation sites excluding steroid dienone is 2. The second-order valence-corrected chi connectivity index (χ2v) is 13.1. The monoisotopic (exact) mass is 510 g/mol. The highest BCUT2D eigenvalue weighted by atomic mass is 16.6. The van der Waals surface area contributed by atoms with Crippen molar-refractivity contribution in [1.29, 1.82) is 0 Å². The number of carbonyl (C=O) groups is 1. The van der Waals surface area contributed by atoms with Gasteiger partial charge in [0.2, 0.25) is 0 Å². The first kappa shape index (κ1) is 24.3. The van der Waals surface area contributed by atoms with Crippen LogP contribution in [0.4, 0.5) is 0 Å². The van der Waals surface area contributed by atoms with Gasteiger partial charge < -0.3 is 29.9 Å². The Morgan fingerprint density at radius 2 is 1.51 bits per heavy atom. The van der Waals surface area contributed by atoms with Gasteiger partial charge in [-0.1, -0.05) is 37.5 Å². The van der Waals surface area contributed by atoms with Gasteiger partial charge >= 0.3 is 5.97 Å². The van der Waals surface area contributed by atoms with E-state index in [1.165, 1.54) is 0 Å². The lowest BCUT2D eigenvalue weighted by Gasteiger charge is -2.51. The first-order valence-electron chi connectivity index (χ1n) is 13.9. The summed E-state index contributed by atoms with van der Waals surface area (Å²) in [4.78, 5) is 12.7. The molecule has 37 heavy (non-hydrogen) atoms. The number of aliphatic hydroxyl groups excluding tert-OH is 2. The highest BCUT2D eigenvalue weighted by Gasteiger charge is 2.82. The van der Waals surface area contributed by atoms with Crippen LogP contribution in [0.5, 0.6) is 0 Å². The van der Waals surface area contributed by atoms with Crippen molar-refractivity contribution in [3.05, 3.63) is 48.6 Å². The molecule has 13 atom stereocenters. The number of ether oxygens (including phenoxy) is 2. The largest absolute Gasteiger partial charge is 0.458 e. The van der Waals surface area contributed by atoms with Crippen molar-refractivity contribution in [2.75, 3.05) is 0 Å². The topological polar surface area (TPSA) is 116 Å². The molecule has 4 N–H and O–H groups in total. The zero-order valence-electron chi connectivity index (χ0n) is 21.3. The van der Waals surface area contributed by atoms with Crippen LogP contribution in [-0.4, -0.2) is 62.2 Å². The van der Waals surface area contributed by atoms with Gasteiger partial charge in [0.05, 0.1) is 17.8 Å². The maximum Gasteiger partial charge on any atom is 0.334 e. The third kappa shape index (κ3) is 2.63. The normalized spacial score (nSPS) is 56.5. The summed E-state index contributed by atoms with van der Waals surface area (Å²) in [5.41, 5.74) is -1.25. The van der Waals surface area contributed by atoms with Crippen LogP contribution < -0.4 is 0 Å². The minimum atomic E-state index is -1.65. The van der Waals surface area contributed by atoms with Crippen LogP contribution in [0, 0.1) is 40.9 Å². The van der Waals surface area contributed by atoms with Gasteiger partial charge in [0.25, 0.3) is 0 Å². The van der Waals surface area contributed by atoms with Crippen LogP contribution in [0.1, 0.15) is 51.4 Å². The smallest absolute Gasteiger partial charge is 0.334 e. The molecule has 0 aromatic heterocycles. The van der Waals surface area contributed by atoms with E-state index in [4.69, 9.17) is 9.47 Å². The van der Waals surface area contributed by atoms with Crippen molar-refractivity contribution in [2.24, 2.45) is 40.9 Å². The predicted octanol–water partition coefficient (Wildman–Crippen LogP) is 2.55. The molecule has 0 bridgehead atoms. The van der Waals surface area contributed by atoms with Crippen molar-refractivity contribution in [2.45, 2.75) is 87.2 Å². The second kappa shape index (κ2) is 7.45. The van der Waals surface area contributed by atoms with Crippen molar-refractivity contribution in [3.8, 4) is 0 Å². The molecule has 2 heterocycles. The molecule has 1 unspecified atom stereocenters. The van der Waals surface area contributed by atoms with Gasteiger partial charge in [0.1, 0.15) is 11.7 Å². The number of hydrogen-bond donors (Lipinski definition) is 4. The summed E-state index contributed by atoms with van der Waals surface area (Å²) in [7, 11) is 0. The van der Waals surface area contributed by atoms with E-state index in [1.807, 2.05) is 0 Å². The molecule has 5 aliphatic carbocycles. The van der Waals surface area contributed by atoms with Gasteiger partial charge in [-0.2, -0.15) is 0 Å². The fourth-order valence-electron chi connectivity index (χ4n) is 10.5. The summed E-state index contributed by atoms with van der Waals surface area (Å²) >= 11 is 0. The maximum absolute atomic E-state index is 12.9. The zero-order chi connectivity index (χ0) is 26.2. The first-order valence-corrected chi connectivity index (χ1v) is 13.9. The Kier molecular flexibility index (Phi) is 4.89. The highest BCUT2D eigenvalue weighted by molar-refractivity contribution is 5.91. The summed E-state index contributed by atoms with van der Waals surface area (Å²) in [6.07, 6.45) is 1.22. The molecule has 0 radical (unpaired) electrons. The Bertz CT molecular complexity index is 1140. The first-order chi connectivity index (χ1) is 17.5. The van der Waals surface area contributed by atoms with E-state index in [0.717, 1.165) is 17.6 Å². The van der Waals surface area contributed by atoms with E-state index in [1.54, 1.807) is 0 Å². The molecule has 2 saturated heterocycles. The summed E-state index contributed by atoms with van der Waals surface area (Å²) in [5, 5.41) is 47.9. The Balaban J connectivity index is 1.38. The van der Waals surface area contributed by atoms with E-state index < -0.39 is 53.1 Å². The van der Waals surface area contributed by atoms with Crippen LogP contribution in [0.2, 0.25) is 0 Å². The average molecular weight is 511 g/mol. The van der Waals surface area contributed by atoms with Crippen LogP contribution in [0.25, 0.3) is 0 Å². The molecule has 7 nitrogen and oxygen atoms in total. The molecule has 0 aromatic carbocycles. The standard InChI is InChI=1S/C30H38O7/c1-13-5-7-17-15(3)26(32)36-24(17)22-19(13)11-21(31)28(22)9-10-29(34)23-20(12-30(28,29)35)14(2)6-8-18-16(4)27(33)37-25(18)23/h17-25,27,31,33-35H,1-12H2/t17-,18-,19-,20-,21-,22-,23-,24-,25-,27?,28+,29-,30-/m0/s1. The van der Waals surface area contributed by atoms with Crippen LogP contribution in [0.3, 0.4) is 0 Å². The fraction of sp³-hybridized carbons (Fsp3) is 0.700. The van der Waals surface area contributed by atoms with E-state index in [9.17, 15) is 25.2 Å². The quantitative estimate of drug-likeness (QED) is 0.225. The lowest BCUT2D eigenvalue weighted by atomic mass is 9.59. The van der Waals surface area contributed by atoms with E-state index in [-0.39, 0.29) is 42.4 Å². The molecule has 0 amide bonds. The maximum atomic E-state index is 12.9. The Hall–Kier alpha value is -1.77. The highest BCUT2D eigenvalue weighted by Crippen LogP contribution is 2.75. The molecule has 5 saturated carbocycles. The number of esters is 1. The summed E-state index contributed by atoms with van der Waals surface area (Å²) < 4.78 is 12.0. The minimum Gasteiger partial charge on any atom is -0.458 e. The molecule has 1 spiro atoms. The van der Waals surface area contributed by atoms with Crippen LogP contribution in [-0.2, 0) is 14.3 Å². The van der Waals surface area contributed by atoms with Gasteiger partial charge in [-0.05, 0) is 68.8 Å². The number of fused-ring (bicyclic) bond motifs is 10. The molecule has 2 aliphatic heterocycles. The molecular formula is C30H38O7. The van der Waals surface area contributed by atoms with Crippen LogP contribution in [0.15, 0.2) is 48.6 Å². The van der Waals surface area contributed by atoms with E-state index >= 15 is 0 Å². The molecule has 7 heteroatoms. The lowest BCUT2D eigenvalue weighted by molar-refractivity contribution is -0.227. The van der Waals surface area contributed by atoms with Gasteiger partial charge in [-0.25, -0.2) is 4.79 Å². The summed E-state index contributed by atoms with van der Waals surface area (Å²) in [6, 6.07) is 0. The van der Waals surface area contributed by atoms with Crippen molar-refractivity contribution in [1.82, 2.24) is 0 Å². The predicted molar refractivity (Wildman–Crippen MR) is 134 cm³/mol. The van der Waals surface area contributed by atoms with Crippen LogP contribution >= 0.6 is 0 Å². The van der Waals surface area contributed by atoms with Gasteiger partial charge in [-0.15, -0.1) is 0 Å². The fourth-order valence-corrected chi connectivity index (χ4v) is 10.5. The Morgan fingerprint density at radius 1 is 0.838 bits per heavy atom. The number of hydrogen-bond acceptors (Lipinski definition) is 7. The third-order valence-electron chi connectivity index (χ3n) is 12.1. The SMILES string of the molecule is C=C1C(=O)O[C@@H]2[C@@H]3[C@@H](C[C@H](O)[C@]34CC[C@]3(O)[C@@H]5[C@H]6OC(O)C(=C)[C@@H]6CCC(=C)[C@@H]5C[C@]43O)C(=C)CC[C@@H]12. The zero-order valence-corrected chi connectivity index (χ0v) is 21.3. The minimum absolute atomic E-state index is 0.124. The molecule has 7 rings (SSSR count). The Labute approximate surface area is 217 Å². The molecule has 0 aromatic rings. The molecular weight excluding hydrogens is 472 g/mol. The number of carbonyl (C=O) groups excluding carboxylic acids is 1. The van der Waals surface area contributed by atoms with Gasteiger partial charge in [0.15, 0.2) is 6.29 Å². The summed E-state index contributed by atoms with van der Waals surface area (Å²) in [5.74, 6) is -1.94. The molecule has 7 aliphatic rings. The van der Waals surface area contributed by atoms with E-state index in [2.05, 4.69) is 26.3 Å². The van der Waals surface area contributed by atoms with Crippen molar-refractivity contribution < 1.29 is 34.7 Å². The van der Waals surface area contributed by atoms with E-state index in [0.29, 0.717) is 43.3 Å².